The summed E-state index contributed by atoms with van der Waals surface area (Å²) in [5.41, 5.74) is 5.14. The summed E-state index contributed by atoms with van der Waals surface area (Å²) in [6.07, 6.45) is 0.402. The van der Waals surface area contributed by atoms with Crippen LogP contribution in [0.3, 0.4) is 0 Å². The van der Waals surface area contributed by atoms with Gasteiger partial charge >= 0.3 is 0 Å². The summed E-state index contributed by atoms with van der Waals surface area (Å²) in [6.45, 7) is 3.22. The summed E-state index contributed by atoms with van der Waals surface area (Å²) in [6, 6.07) is -0.0523. The van der Waals surface area contributed by atoms with Gasteiger partial charge in [0.25, 0.3) is 0 Å². The average Bonchev–Trinajstić information content (AvgIpc) is 2.46. The highest BCUT2D eigenvalue weighted by Crippen LogP contribution is 2.09. The summed E-state index contributed by atoms with van der Waals surface area (Å²) in [4.78, 5) is 23.9. The summed E-state index contributed by atoms with van der Waals surface area (Å²) in [7, 11) is 0. The second-order valence-corrected chi connectivity index (χ2v) is 3.11. The van der Waals surface area contributed by atoms with Gasteiger partial charge in [0.15, 0.2) is 0 Å². The molecule has 0 aromatic rings. The number of carbonyl (C=O) groups is 2. The molecule has 0 saturated carbocycles. The largest absolute Gasteiger partial charge is 0.350 e. The fourth-order valence-corrected chi connectivity index (χ4v) is 1.46. The van der Waals surface area contributed by atoms with Crippen LogP contribution in [-0.4, -0.2) is 42.4 Å². The minimum Gasteiger partial charge on any atom is -0.350 e. The summed E-state index contributed by atoms with van der Waals surface area (Å²) < 4.78 is 0. The number of nitrogens with zero attached hydrogens (tertiary/aromatic N) is 1. The molecule has 0 aromatic carbocycles. The highest BCUT2D eigenvalue weighted by atomic mass is 16.2. The standard InChI is InChI=1S/C8H15N3O2/c1-2-11-5-6(3-8(11)13)10-7(12)4-9/h6H,2-5,9H2,1H3,(H,10,12). The van der Waals surface area contributed by atoms with Crippen LogP contribution in [-0.2, 0) is 9.59 Å². The Bertz CT molecular complexity index is 217. The van der Waals surface area contributed by atoms with E-state index in [-0.39, 0.29) is 24.4 Å². The first kappa shape index (κ1) is 9.98. The molecule has 0 bridgehead atoms. The van der Waals surface area contributed by atoms with Crippen molar-refractivity contribution in [2.45, 2.75) is 19.4 Å². The topological polar surface area (TPSA) is 75.4 Å². The average molecular weight is 185 g/mol. The van der Waals surface area contributed by atoms with Crippen LogP contribution in [0, 0.1) is 0 Å². The van der Waals surface area contributed by atoms with E-state index >= 15 is 0 Å². The second kappa shape index (κ2) is 4.23. The third-order valence-corrected chi connectivity index (χ3v) is 2.15. The van der Waals surface area contributed by atoms with Gasteiger partial charge in [-0.05, 0) is 6.92 Å². The third-order valence-electron chi connectivity index (χ3n) is 2.15. The number of nitrogens with one attached hydrogen (secondary N) is 1. The Morgan fingerprint density at radius 2 is 2.46 bits per heavy atom. The van der Waals surface area contributed by atoms with Gasteiger partial charge in [-0.25, -0.2) is 0 Å². The van der Waals surface area contributed by atoms with Crippen molar-refractivity contribution in [1.29, 1.82) is 0 Å². The zero-order valence-electron chi connectivity index (χ0n) is 7.75. The molecule has 5 heteroatoms. The molecule has 1 aliphatic rings. The van der Waals surface area contributed by atoms with Gasteiger partial charge in [-0.1, -0.05) is 0 Å². The van der Waals surface area contributed by atoms with Crippen LogP contribution in [0.5, 0.6) is 0 Å². The predicted octanol–water partition coefficient (Wildman–Crippen LogP) is -1.32. The molecular weight excluding hydrogens is 170 g/mol. The van der Waals surface area contributed by atoms with Crippen LogP contribution < -0.4 is 11.1 Å². The molecule has 1 unspecified atom stereocenters. The van der Waals surface area contributed by atoms with Gasteiger partial charge in [-0.15, -0.1) is 0 Å². The molecule has 3 N–H and O–H groups in total. The molecule has 1 rings (SSSR count). The lowest BCUT2D eigenvalue weighted by Gasteiger charge is -2.14. The molecule has 1 atom stereocenters. The first-order valence-corrected chi connectivity index (χ1v) is 4.44. The molecule has 5 nitrogen and oxygen atoms in total. The molecule has 0 radical (unpaired) electrons. The lowest BCUT2D eigenvalue weighted by molar-refractivity contribution is -0.127. The number of amides is 2. The molecule has 13 heavy (non-hydrogen) atoms. The number of hydrogen-bond donors (Lipinski definition) is 2. The Morgan fingerprint density at radius 1 is 1.77 bits per heavy atom. The molecule has 1 heterocycles. The number of likely N-dealkylation sites (N-methyl/N-ethyl adjacent to an activating group) is 1. The third kappa shape index (κ3) is 2.42. The van der Waals surface area contributed by atoms with Gasteiger partial charge in [0.05, 0.1) is 12.6 Å². The predicted molar refractivity (Wildman–Crippen MR) is 47.9 cm³/mol. The van der Waals surface area contributed by atoms with Crippen LogP contribution in [0.4, 0.5) is 0 Å². The van der Waals surface area contributed by atoms with Crippen molar-refractivity contribution in [1.82, 2.24) is 10.2 Å². The molecule has 2 amide bonds. The zero-order valence-corrected chi connectivity index (χ0v) is 7.75. The van der Waals surface area contributed by atoms with E-state index in [0.29, 0.717) is 19.5 Å². The zero-order chi connectivity index (χ0) is 9.84. The fraction of sp³-hybridized carbons (Fsp3) is 0.750. The molecule has 74 valence electrons. The Balaban J connectivity index is 2.40. The highest BCUT2D eigenvalue weighted by molar-refractivity contribution is 5.82. The number of likely N-dealkylation sites (tertiary alicyclic amines) is 1. The molecule has 1 aliphatic heterocycles. The van der Waals surface area contributed by atoms with Gasteiger partial charge in [0.2, 0.25) is 11.8 Å². The van der Waals surface area contributed by atoms with Crippen molar-refractivity contribution in [3.63, 3.8) is 0 Å². The smallest absolute Gasteiger partial charge is 0.234 e. The van der Waals surface area contributed by atoms with Gasteiger partial charge in [0, 0.05) is 19.5 Å². The SMILES string of the molecule is CCN1CC(NC(=O)CN)CC1=O. The van der Waals surface area contributed by atoms with Gasteiger partial charge < -0.3 is 16.0 Å². The first-order chi connectivity index (χ1) is 6.17. The molecule has 1 saturated heterocycles. The van der Waals surface area contributed by atoms with Gasteiger partial charge in [-0.2, -0.15) is 0 Å². The lowest BCUT2D eigenvalue weighted by atomic mass is 10.2. The van der Waals surface area contributed by atoms with E-state index in [0.717, 1.165) is 0 Å². The molecule has 0 spiro atoms. The molecular formula is C8H15N3O2. The van der Waals surface area contributed by atoms with Crippen molar-refractivity contribution < 1.29 is 9.59 Å². The first-order valence-electron chi connectivity index (χ1n) is 4.44. The van der Waals surface area contributed by atoms with Crippen molar-refractivity contribution in [2.24, 2.45) is 5.73 Å². The van der Waals surface area contributed by atoms with Crippen LogP contribution in [0.2, 0.25) is 0 Å². The molecule has 1 fully saturated rings. The Kier molecular flexibility index (Phi) is 3.25. The number of hydrogen-bond acceptors (Lipinski definition) is 3. The Labute approximate surface area is 77.3 Å². The van der Waals surface area contributed by atoms with Gasteiger partial charge in [0.1, 0.15) is 0 Å². The summed E-state index contributed by atoms with van der Waals surface area (Å²) >= 11 is 0. The summed E-state index contributed by atoms with van der Waals surface area (Å²) in [5, 5.41) is 2.70. The monoisotopic (exact) mass is 185 g/mol. The molecule has 0 aromatic heterocycles. The van der Waals surface area contributed by atoms with Crippen LogP contribution in [0.1, 0.15) is 13.3 Å². The van der Waals surface area contributed by atoms with Crippen molar-refractivity contribution >= 4 is 11.8 Å². The maximum Gasteiger partial charge on any atom is 0.234 e. The Hall–Kier alpha value is -1.10. The second-order valence-electron chi connectivity index (χ2n) is 3.11. The van der Waals surface area contributed by atoms with E-state index in [1.54, 1.807) is 4.90 Å². The molecule has 0 aliphatic carbocycles. The maximum absolute atomic E-state index is 11.2. The number of nitrogens with two attached hydrogens (primary N) is 1. The Morgan fingerprint density at radius 3 is 2.92 bits per heavy atom. The lowest BCUT2D eigenvalue weighted by Crippen LogP contribution is -2.40. The van der Waals surface area contributed by atoms with Crippen LogP contribution in [0.25, 0.3) is 0 Å². The number of carbonyl (C=O) groups excluding carboxylic acids is 2. The van der Waals surface area contributed by atoms with E-state index < -0.39 is 0 Å². The van der Waals surface area contributed by atoms with Crippen molar-refractivity contribution in [3.8, 4) is 0 Å². The van der Waals surface area contributed by atoms with E-state index in [9.17, 15) is 9.59 Å². The van der Waals surface area contributed by atoms with E-state index in [1.165, 1.54) is 0 Å². The minimum absolute atomic E-state index is 0.0170. The maximum atomic E-state index is 11.2. The van der Waals surface area contributed by atoms with E-state index in [1.807, 2.05) is 6.92 Å². The van der Waals surface area contributed by atoms with Crippen LogP contribution >= 0.6 is 0 Å². The fourth-order valence-electron chi connectivity index (χ4n) is 1.46. The van der Waals surface area contributed by atoms with E-state index in [4.69, 9.17) is 5.73 Å². The van der Waals surface area contributed by atoms with Crippen molar-refractivity contribution in [2.75, 3.05) is 19.6 Å². The normalized spacial score (nSPS) is 22.2. The summed E-state index contributed by atoms with van der Waals surface area (Å²) in [5.74, 6) is -0.0967. The minimum atomic E-state index is -0.198. The quantitative estimate of drug-likeness (QED) is 0.572. The van der Waals surface area contributed by atoms with E-state index in [2.05, 4.69) is 5.32 Å². The van der Waals surface area contributed by atoms with Gasteiger partial charge in [-0.3, -0.25) is 9.59 Å². The van der Waals surface area contributed by atoms with Crippen molar-refractivity contribution in [3.05, 3.63) is 0 Å². The number of rotatable bonds is 3. The highest BCUT2D eigenvalue weighted by Gasteiger charge is 2.28. The van der Waals surface area contributed by atoms with Crippen LogP contribution in [0.15, 0.2) is 0 Å².